The van der Waals surface area contributed by atoms with Gasteiger partial charge in [0.25, 0.3) is 0 Å². The van der Waals surface area contributed by atoms with E-state index in [2.05, 4.69) is 15.4 Å². The summed E-state index contributed by atoms with van der Waals surface area (Å²) in [5.74, 6) is 1.32. The normalized spacial score (nSPS) is 22.8. The van der Waals surface area contributed by atoms with Crippen molar-refractivity contribution in [3.63, 3.8) is 0 Å². The molecule has 0 saturated carbocycles. The third kappa shape index (κ3) is 3.89. The first-order valence-electron chi connectivity index (χ1n) is 11.4. The topological polar surface area (TPSA) is 84.2 Å². The quantitative estimate of drug-likeness (QED) is 0.589. The Kier molecular flexibility index (Phi) is 5.40. The van der Waals surface area contributed by atoms with Gasteiger partial charge in [-0.2, -0.15) is 4.98 Å². The van der Waals surface area contributed by atoms with Crippen molar-refractivity contribution < 1.29 is 17.5 Å². The molecule has 4 heterocycles. The molecule has 0 amide bonds. The second kappa shape index (κ2) is 8.57. The second-order valence-electron chi connectivity index (χ2n) is 8.87. The Hall–Kier alpha value is -3.14. The third-order valence-corrected chi connectivity index (χ3v) is 8.12. The van der Waals surface area contributed by atoms with E-state index < -0.39 is 10.8 Å². The van der Waals surface area contributed by atoms with E-state index in [4.69, 9.17) is 14.5 Å². The average molecular weight is 484 g/mol. The predicted octanol–water partition coefficient (Wildman–Crippen LogP) is 4.40. The molecule has 6 rings (SSSR count). The molecule has 0 spiro atoms. The molecule has 1 unspecified atom stereocenters. The van der Waals surface area contributed by atoms with Crippen LogP contribution in [0.4, 0.5) is 20.5 Å². The number of nitrogens with zero attached hydrogens (tertiary/aromatic N) is 4. The number of anilines is 2. The standard InChI is InChI=1S/C24H23F2N5O2S/c25-15-2-1-3-17(12-15)27-23-22-19(8-11-34(22)32)28-24(29-23)31-9-6-14(7-10-31)21-18-5-4-16(26)13-20(18)33-30-21/h1-5,13-14,17H,6-12H2,(H,27,28,29)/t17-,34?/m0/s1. The number of aryl methyl sites for hydroxylation is 1. The third-order valence-electron chi connectivity index (χ3n) is 6.66. The molecular weight excluding hydrogens is 460 g/mol. The fourth-order valence-electron chi connectivity index (χ4n) is 4.92. The highest BCUT2D eigenvalue weighted by molar-refractivity contribution is 7.85. The summed E-state index contributed by atoms with van der Waals surface area (Å²) >= 11 is 0. The lowest BCUT2D eigenvalue weighted by Crippen LogP contribution is -2.35. The highest BCUT2D eigenvalue weighted by Gasteiger charge is 2.31. The molecule has 34 heavy (non-hydrogen) atoms. The van der Waals surface area contributed by atoms with E-state index >= 15 is 0 Å². The maximum atomic E-state index is 13.8. The van der Waals surface area contributed by atoms with E-state index in [1.54, 1.807) is 12.1 Å². The fourth-order valence-corrected chi connectivity index (χ4v) is 6.23. The predicted molar refractivity (Wildman–Crippen MR) is 126 cm³/mol. The molecular formula is C24H23F2N5O2S. The summed E-state index contributed by atoms with van der Waals surface area (Å²) in [5.41, 5.74) is 2.13. The smallest absolute Gasteiger partial charge is 0.227 e. The van der Waals surface area contributed by atoms with Crippen molar-refractivity contribution in [1.82, 2.24) is 15.1 Å². The Morgan fingerprint density at radius 2 is 2.03 bits per heavy atom. The van der Waals surface area contributed by atoms with E-state index in [9.17, 15) is 13.0 Å². The lowest BCUT2D eigenvalue weighted by Gasteiger charge is -2.32. The molecule has 10 heteroatoms. The van der Waals surface area contributed by atoms with E-state index in [1.165, 1.54) is 18.2 Å². The van der Waals surface area contributed by atoms with E-state index in [1.807, 2.05) is 6.08 Å². The van der Waals surface area contributed by atoms with Crippen LogP contribution in [0.25, 0.3) is 11.0 Å². The molecule has 1 aromatic carbocycles. The van der Waals surface area contributed by atoms with Gasteiger partial charge in [0.2, 0.25) is 5.95 Å². The minimum Gasteiger partial charge on any atom is -0.362 e. The van der Waals surface area contributed by atoms with Gasteiger partial charge in [-0.15, -0.1) is 0 Å². The van der Waals surface area contributed by atoms with Gasteiger partial charge >= 0.3 is 0 Å². The molecule has 2 aromatic heterocycles. The minimum absolute atomic E-state index is 0.197. The van der Waals surface area contributed by atoms with Gasteiger partial charge in [0.1, 0.15) is 22.4 Å². The Morgan fingerprint density at radius 1 is 1.18 bits per heavy atom. The molecule has 176 valence electrons. The van der Waals surface area contributed by atoms with Crippen molar-refractivity contribution in [3.8, 4) is 0 Å². The molecule has 2 aliphatic heterocycles. The number of aromatic nitrogens is 3. The number of hydrogen-bond donors (Lipinski definition) is 1. The largest absolute Gasteiger partial charge is 0.362 e. The van der Waals surface area contributed by atoms with Gasteiger partial charge in [-0.05, 0) is 31.1 Å². The summed E-state index contributed by atoms with van der Waals surface area (Å²) in [5, 5.41) is 8.36. The Labute approximate surface area is 197 Å². The summed E-state index contributed by atoms with van der Waals surface area (Å²) in [6, 6.07) is 4.27. The molecule has 1 saturated heterocycles. The van der Waals surface area contributed by atoms with Gasteiger partial charge in [-0.25, -0.2) is 13.8 Å². The summed E-state index contributed by atoms with van der Waals surface area (Å²) in [6.07, 6.45) is 7.55. The van der Waals surface area contributed by atoms with Crippen molar-refractivity contribution >= 4 is 33.5 Å². The maximum absolute atomic E-state index is 13.8. The molecule has 3 aromatic rings. The zero-order valence-electron chi connectivity index (χ0n) is 18.3. The highest BCUT2D eigenvalue weighted by atomic mass is 32.2. The van der Waals surface area contributed by atoms with Crippen LogP contribution in [-0.4, -0.2) is 44.2 Å². The van der Waals surface area contributed by atoms with Gasteiger partial charge in [-0.1, -0.05) is 17.3 Å². The highest BCUT2D eigenvalue weighted by Crippen LogP contribution is 2.36. The molecule has 1 N–H and O–H groups in total. The summed E-state index contributed by atoms with van der Waals surface area (Å²) in [4.78, 5) is 12.3. The van der Waals surface area contributed by atoms with Crippen LogP contribution >= 0.6 is 0 Å². The SMILES string of the molecule is O=S1CCc2nc(N3CCC(c4noc5cc(F)ccc45)CC3)nc(N[C@H]3C=CC=C(F)C3)c21. The molecule has 7 nitrogen and oxygen atoms in total. The van der Waals surface area contributed by atoms with E-state index in [0.29, 0.717) is 34.4 Å². The van der Waals surface area contributed by atoms with E-state index in [0.717, 1.165) is 42.7 Å². The number of benzene rings is 1. The molecule has 1 fully saturated rings. The van der Waals surface area contributed by atoms with Crippen LogP contribution in [0.5, 0.6) is 0 Å². The maximum Gasteiger partial charge on any atom is 0.227 e. The van der Waals surface area contributed by atoms with Crippen LogP contribution in [-0.2, 0) is 17.2 Å². The first-order chi connectivity index (χ1) is 16.5. The van der Waals surface area contributed by atoms with Crippen molar-refractivity contribution in [2.75, 3.05) is 29.1 Å². The Morgan fingerprint density at radius 3 is 2.85 bits per heavy atom. The van der Waals surface area contributed by atoms with Crippen LogP contribution in [0.15, 0.2) is 51.7 Å². The lowest BCUT2D eigenvalue weighted by molar-refractivity contribution is 0.415. The summed E-state index contributed by atoms with van der Waals surface area (Å²) in [6.45, 7) is 1.45. The van der Waals surface area contributed by atoms with Crippen LogP contribution in [0.2, 0.25) is 0 Å². The minimum atomic E-state index is -1.16. The van der Waals surface area contributed by atoms with Crippen molar-refractivity contribution in [1.29, 1.82) is 0 Å². The number of hydrogen-bond acceptors (Lipinski definition) is 7. The number of nitrogens with one attached hydrogen (secondary N) is 1. The van der Waals surface area contributed by atoms with Crippen LogP contribution in [0, 0.1) is 5.82 Å². The lowest BCUT2D eigenvalue weighted by atomic mass is 9.92. The van der Waals surface area contributed by atoms with Gasteiger partial charge in [0.05, 0.1) is 28.2 Å². The molecule has 2 atom stereocenters. The average Bonchev–Trinajstić information content (AvgIpc) is 3.42. The van der Waals surface area contributed by atoms with Gasteiger partial charge in [0, 0.05) is 49.1 Å². The van der Waals surface area contributed by atoms with Gasteiger partial charge < -0.3 is 14.7 Å². The first kappa shape index (κ1) is 21.4. The van der Waals surface area contributed by atoms with Crippen molar-refractivity contribution in [2.45, 2.75) is 42.5 Å². The first-order valence-corrected chi connectivity index (χ1v) is 12.8. The Balaban J connectivity index is 1.23. The van der Waals surface area contributed by atoms with Crippen LogP contribution in [0.1, 0.15) is 36.6 Å². The zero-order valence-corrected chi connectivity index (χ0v) is 19.2. The van der Waals surface area contributed by atoms with Gasteiger partial charge in [0.15, 0.2) is 5.58 Å². The molecule has 1 aliphatic carbocycles. The monoisotopic (exact) mass is 483 g/mol. The van der Waals surface area contributed by atoms with Crippen molar-refractivity contribution in [3.05, 3.63) is 59.5 Å². The number of piperidine rings is 1. The fraction of sp³-hybridized carbons (Fsp3) is 0.375. The molecule has 0 bridgehead atoms. The number of rotatable bonds is 4. The number of fused-ring (bicyclic) bond motifs is 2. The number of halogens is 2. The zero-order chi connectivity index (χ0) is 23.2. The second-order valence-corrected chi connectivity index (χ2v) is 10.4. The van der Waals surface area contributed by atoms with Crippen LogP contribution < -0.4 is 10.2 Å². The molecule has 0 radical (unpaired) electrons. The number of allylic oxidation sites excluding steroid dienone is 2. The summed E-state index contributed by atoms with van der Waals surface area (Å²) < 4.78 is 45.2. The Bertz CT molecular complexity index is 1350. The van der Waals surface area contributed by atoms with Gasteiger partial charge in [-0.3, -0.25) is 4.21 Å². The molecule has 3 aliphatic rings. The summed E-state index contributed by atoms with van der Waals surface area (Å²) in [7, 11) is -1.16. The van der Waals surface area contributed by atoms with Crippen molar-refractivity contribution in [2.24, 2.45) is 0 Å². The van der Waals surface area contributed by atoms with E-state index in [-0.39, 0.29) is 30.0 Å². The van der Waals surface area contributed by atoms with Crippen LogP contribution in [0.3, 0.4) is 0 Å².